The molecule has 0 aliphatic carbocycles. The van der Waals surface area contributed by atoms with Crippen LogP contribution >= 0.6 is 0 Å². The van der Waals surface area contributed by atoms with E-state index in [2.05, 4.69) is 0 Å². The molecule has 0 bridgehead atoms. The zero-order valence-electron chi connectivity index (χ0n) is 21.6. The Morgan fingerprint density at radius 1 is 0.625 bits per heavy atom. The van der Waals surface area contributed by atoms with Crippen LogP contribution in [0.2, 0.25) is 0 Å². The maximum Gasteiger partial charge on any atom is 0.318 e. The molecule has 214 valence electrons. The van der Waals surface area contributed by atoms with Crippen LogP contribution in [0.5, 0.6) is 11.5 Å². The van der Waals surface area contributed by atoms with Gasteiger partial charge < -0.3 is 19.7 Å². The minimum atomic E-state index is -4.72. The number of carbonyl (C=O) groups is 2. The standard InChI is InChI=1S/C26H28N2O10S2/c1-37-21-11-7-19(8-12-21)15-27(17-25(29)30)39(33,34)23-5-3-4-6-24(23)40(35,36)28(18-26(31)32)16-20-9-13-22(38-2)14-10-20/h3-14H,15-18H2,1-2H3,(H,29,30)(H,31,32). The Labute approximate surface area is 232 Å². The van der Waals surface area contributed by atoms with Gasteiger partial charge in [0, 0.05) is 13.1 Å². The molecule has 0 aromatic heterocycles. The van der Waals surface area contributed by atoms with Gasteiger partial charge >= 0.3 is 11.9 Å². The molecule has 0 saturated carbocycles. The van der Waals surface area contributed by atoms with E-state index in [4.69, 9.17) is 9.47 Å². The summed E-state index contributed by atoms with van der Waals surface area (Å²) in [6.07, 6.45) is 0. The molecule has 0 heterocycles. The highest BCUT2D eigenvalue weighted by Gasteiger charge is 2.36. The number of carboxylic acid groups (broad SMARTS) is 2. The number of sulfonamides is 2. The van der Waals surface area contributed by atoms with E-state index in [1.165, 1.54) is 26.4 Å². The average molecular weight is 593 g/mol. The van der Waals surface area contributed by atoms with Gasteiger partial charge in [0.15, 0.2) is 0 Å². The van der Waals surface area contributed by atoms with E-state index in [1.807, 2.05) is 0 Å². The zero-order valence-corrected chi connectivity index (χ0v) is 23.3. The van der Waals surface area contributed by atoms with E-state index in [1.54, 1.807) is 48.5 Å². The summed E-state index contributed by atoms with van der Waals surface area (Å²) in [5.74, 6) is -1.90. The van der Waals surface area contributed by atoms with Crippen LogP contribution in [0.25, 0.3) is 0 Å². The van der Waals surface area contributed by atoms with Crippen LogP contribution < -0.4 is 9.47 Å². The predicted octanol–water partition coefficient (Wildman–Crippen LogP) is 2.25. The summed E-state index contributed by atoms with van der Waals surface area (Å²) in [5, 5.41) is 18.9. The van der Waals surface area contributed by atoms with Gasteiger partial charge in [0.1, 0.15) is 34.4 Å². The van der Waals surface area contributed by atoms with E-state index >= 15 is 0 Å². The lowest BCUT2D eigenvalue weighted by Gasteiger charge is -2.25. The molecular formula is C26H28N2O10S2. The third kappa shape index (κ3) is 7.35. The fourth-order valence-corrected chi connectivity index (χ4v) is 7.31. The number of ether oxygens (including phenoxy) is 2. The maximum absolute atomic E-state index is 13.8. The summed E-state index contributed by atoms with van der Waals surface area (Å²) < 4.78 is 66.5. The third-order valence-corrected chi connectivity index (χ3v) is 9.57. The summed E-state index contributed by atoms with van der Waals surface area (Å²) in [6.45, 7) is -2.66. The van der Waals surface area contributed by atoms with Crippen LogP contribution in [0.4, 0.5) is 0 Å². The fraction of sp³-hybridized carbons (Fsp3) is 0.231. The molecule has 0 atom stereocenters. The number of aliphatic carboxylic acids is 2. The molecule has 40 heavy (non-hydrogen) atoms. The van der Waals surface area contributed by atoms with E-state index in [-0.39, 0.29) is 13.1 Å². The van der Waals surface area contributed by atoms with Gasteiger partial charge in [-0.05, 0) is 47.5 Å². The molecule has 3 rings (SSSR count). The van der Waals surface area contributed by atoms with Crippen LogP contribution in [-0.2, 0) is 42.7 Å². The molecule has 0 spiro atoms. The van der Waals surface area contributed by atoms with Crippen molar-refractivity contribution in [2.75, 3.05) is 27.3 Å². The second-order valence-electron chi connectivity index (χ2n) is 8.48. The van der Waals surface area contributed by atoms with Gasteiger partial charge in [0.05, 0.1) is 14.2 Å². The molecule has 2 N–H and O–H groups in total. The fourth-order valence-electron chi connectivity index (χ4n) is 3.78. The minimum absolute atomic E-state index is 0.377. The van der Waals surface area contributed by atoms with Crippen LogP contribution in [0.15, 0.2) is 82.6 Å². The molecule has 3 aromatic carbocycles. The van der Waals surface area contributed by atoms with Crippen molar-refractivity contribution in [2.45, 2.75) is 22.9 Å². The number of methoxy groups -OCH3 is 2. The minimum Gasteiger partial charge on any atom is -0.497 e. The van der Waals surface area contributed by atoms with Gasteiger partial charge in [-0.2, -0.15) is 8.61 Å². The van der Waals surface area contributed by atoms with Crippen LogP contribution in [0, 0.1) is 0 Å². The zero-order chi connectivity index (χ0) is 29.5. The lowest BCUT2D eigenvalue weighted by atomic mass is 10.2. The monoisotopic (exact) mass is 592 g/mol. The average Bonchev–Trinajstić information content (AvgIpc) is 2.92. The van der Waals surface area contributed by atoms with Crippen molar-refractivity contribution in [3.8, 4) is 11.5 Å². The number of rotatable bonds is 14. The first-order valence-electron chi connectivity index (χ1n) is 11.7. The van der Waals surface area contributed by atoms with Gasteiger partial charge in [0.2, 0.25) is 20.0 Å². The Hall–Kier alpha value is -3.98. The Bertz CT molecular complexity index is 1440. The normalized spacial score (nSPS) is 11.9. The molecule has 0 aliphatic heterocycles. The highest BCUT2D eigenvalue weighted by molar-refractivity contribution is 7.92. The van der Waals surface area contributed by atoms with Crippen LogP contribution in [0.3, 0.4) is 0 Å². The van der Waals surface area contributed by atoms with Gasteiger partial charge in [-0.15, -0.1) is 0 Å². The number of benzene rings is 3. The lowest BCUT2D eigenvalue weighted by molar-refractivity contribution is -0.138. The Morgan fingerprint density at radius 2 is 0.950 bits per heavy atom. The Kier molecular flexibility index (Phi) is 9.87. The SMILES string of the molecule is COc1ccc(CN(CC(=O)O)S(=O)(=O)c2ccccc2S(=O)(=O)N(CC(=O)O)Cc2ccc(OC)cc2)cc1. The van der Waals surface area contributed by atoms with Crippen molar-refractivity contribution in [3.63, 3.8) is 0 Å². The van der Waals surface area contributed by atoms with E-state index in [0.717, 1.165) is 12.1 Å². The summed E-state index contributed by atoms with van der Waals surface area (Å²) in [5.41, 5.74) is 0.857. The van der Waals surface area contributed by atoms with E-state index < -0.39 is 54.9 Å². The van der Waals surface area contributed by atoms with Gasteiger partial charge in [0.25, 0.3) is 0 Å². The third-order valence-electron chi connectivity index (χ3n) is 5.74. The second-order valence-corrected chi connectivity index (χ2v) is 12.3. The molecule has 14 heteroatoms. The molecule has 0 radical (unpaired) electrons. The Balaban J connectivity index is 2.06. The van der Waals surface area contributed by atoms with Crippen molar-refractivity contribution >= 4 is 32.0 Å². The lowest BCUT2D eigenvalue weighted by Crippen LogP contribution is -2.38. The van der Waals surface area contributed by atoms with E-state index in [0.29, 0.717) is 31.2 Å². The second kappa shape index (κ2) is 12.9. The highest BCUT2D eigenvalue weighted by atomic mass is 32.2. The number of hydrogen-bond acceptors (Lipinski definition) is 8. The topological polar surface area (TPSA) is 168 Å². The van der Waals surface area contributed by atoms with E-state index in [9.17, 15) is 36.6 Å². The molecule has 0 fully saturated rings. The van der Waals surface area contributed by atoms with Gasteiger partial charge in [-0.1, -0.05) is 36.4 Å². The molecule has 12 nitrogen and oxygen atoms in total. The molecule has 3 aromatic rings. The van der Waals surface area contributed by atoms with Crippen molar-refractivity contribution in [1.82, 2.24) is 8.61 Å². The molecule has 0 unspecified atom stereocenters. The first-order chi connectivity index (χ1) is 18.9. The largest absolute Gasteiger partial charge is 0.497 e. The molecular weight excluding hydrogens is 564 g/mol. The van der Waals surface area contributed by atoms with Crippen LogP contribution in [0.1, 0.15) is 11.1 Å². The predicted molar refractivity (Wildman–Crippen MR) is 143 cm³/mol. The van der Waals surface area contributed by atoms with Gasteiger partial charge in [-0.25, -0.2) is 16.8 Å². The quantitative estimate of drug-likeness (QED) is 0.283. The van der Waals surface area contributed by atoms with Crippen molar-refractivity contribution in [3.05, 3.63) is 83.9 Å². The summed E-state index contributed by atoms with van der Waals surface area (Å²) in [7, 11) is -6.52. The summed E-state index contributed by atoms with van der Waals surface area (Å²) in [6, 6.07) is 17.2. The summed E-state index contributed by atoms with van der Waals surface area (Å²) >= 11 is 0. The van der Waals surface area contributed by atoms with Gasteiger partial charge in [-0.3, -0.25) is 9.59 Å². The first-order valence-corrected chi connectivity index (χ1v) is 14.5. The first kappa shape index (κ1) is 30.6. The molecule has 0 saturated heterocycles. The molecule has 0 amide bonds. The number of hydrogen-bond donors (Lipinski definition) is 2. The van der Waals surface area contributed by atoms with Crippen LogP contribution in [-0.4, -0.2) is 74.9 Å². The molecule has 0 aliphatic rings. The Morgan fingerprint density at radius 3 is 1.23 bits per heavy atom. The maximum atomic E-state index is 13.8. The number of carboxylic acids is 2. The number of nitrogens with zero attached hydrogens (tertiary/aromatic N) is 2. The smallest absolute Gasteiger partial charge is 0.318 e. The van der Waals surface area contributed by atoms with Crippen molar-refractivity contribution < 1.29 is 46.1 Å². The van der Waals surface area contributed by atoms with Crippen molar-refractivity contribution in [1.29, 1.82) is 0 Å². The van der Waals surface area contributed by atoms with Crippen molar-refractivity contribution in [2.24, 2.45) is 0 Å². The summed E-state index contributed by atoms with van der Waals surface area (Å²) in [4.78, 5) is 21.9. The highest BCUT2D eigenvalue weighted by Crippen LogP contribution is 2.29.